The van der Waals surface area contributed by atoms with Crippen molar-refractivity contribution < 1.29 is 9.59 Å². The van der Waals surface area contributed by atoms with Gasteiger partial charge >= 0.3 is 0 Å². The number of carbonyl (C=O) groups excluding carboxylic acids is 2. The third-order valence-corrected chi connectivity index (χ3v) is 1.86. The molecule has 0 aromatic carbocycles. The van der Waals surface area contributed by atoms with Crippen molar-refractivity contribution >= 4 is 17.6 Å². The lowest BCUT2D eigenvalue weighted by atomic mass is 10.3. The normalized spacial score (nSPS) is 10.1. The number of pyridine rings is 1. The van der Waals surface area contributed by atoms with Crippen LogP contribution < -0.4 is 16.4 Å². The number of amides is 2. The average Bonchev–Trinajstić information content (AvgIpc) is 2.25. The molecule has 0 aliphatic heterocycles. The van der Waals surface area contributed by atoms with Crippen LogP contribution >= 0.6 is 0 Å². The van der Waals surface area contributed by atoms with Gasteiger partial charge in [-0.15, -0.1) is 0 Å². The fraction of sp³-hybridized carbons (Fsp3) is 0.364. The molecule has 0 saturated carbocycles. The van der Waals surface area contributed by atoms with Gasteiger partial charge in [-0.05, 0) is 26.0 Å². The Balaban J connectivity index is 2.48. The number of nitrogens with two attached hydrogens (primary N) is 1. The number of carbonyl (C=O) groups is 2. The van der Waals surface area contributed by atoms with Gasteiger partial charge in [-0.2, -0.15) is 0 Å². The Labute approximate surface area is 99.6 Å². The van der Waals surface area contributed by atoms with Crippen LogP contribution in [-0.2, 0) is 4.79 Å². The molecule has 1 rings (SSSR count). The smallest absolute Gasteiger partial charge is 0.270 e. The molecule has 4 N–H and O–H groups in total. The van der Waals surface area contributed by atoms with E-state index in [1.165, 1.54) is 6.07 Å². The Hall–Kier alpha value is -2.11. The molecule has 0 radical (unpaired) electrons. The van der Waals surface area contributed by atoms with E-state index in [0.717, 1.165) is 0 Å². The SMILES string of the molecule is CC(C)NC(=O)CNC(=O)c1cccc(N)n1. The largest absolute Gasteiger partial charge is 0.384 e. The standard InChI is InChI=1S/C11H16N4O2/c1-7(2)14-10(16)6-13-11(17)8-4-3-5-9(12)15-8/h3-5,7H,6H2,1-2H3,(H2,12,15)(H,13,17)(H,14,16). The number of rotatable bonds is 4. The van der Waals surface area contributed by atoms with E-state index in [9.17, 15) is 9.59 Å². The van der Waals surface area contributed by atoms with Crippen LogP contribution in [0.4, 0.5) is 5.82 Å². The summed E-state index contributed by atoms with van der Waals surface area (Å²) >= 11 is 0. The predicted molar refractivity (Wildman–Crippen MR) is 64.3 cm³/mol. The molecule has 92 valence electrons. The number of anilines is 1. The molecule has 2 amide bonds. The van der Waals surface area contributed by atoms with E-state index in [2.05, 4.69) is 15.6 Å². The van der Waals surface area contributed by atoms with Crippen molar-refractivity contribution in [3.8, 4) is 0 Å². The lowest BCUT2D eigenvalue weighted by molar-refractivity contribution is -0.120. The molecule has 0 unspecified atom stereocenters. The molecule has 0 atom stereocenters. The van der Waals surface area contributed by atoms with Crippen LogP contribution in [0.15, 0.2) is 18.2 Å². The first-order chi connectivity index (χ1) is 7.99. The van der Waals surface area contributed by atoms with Gasteiger partial charge in [0.15, 0.2) is 0 Å². The number of hydrogen-bond donors (Lipinski definition) is 3. The molecule has 0 bridgehead atoms. The Morgan fingerprint density at radius 2 is 2.12 bits per heavy atom. The molecule has 0 saturated heterocycles. The monoisotopic (exact) mass is 236 g/mol. The highest BCUT2D eigenvalue weighted by Crippen LogP contribution is 1.99. The summed E-state index contributed by atoms with van der Waals surface area (Å²) in [5, 5.41) is 5.12. The minimum atomic E-state index is -0.420. The molecule has 6 heteroatoms. The highest BCUT2D eigenvalue weighted by molar-refractivity contribution is 5.95. The minimum Gasteiger partial charge on any atom is -0.384 e. The Morgan fingerprint density at radius 3 is 2.71 bits per heavy atom. The quantitative estimate of drug-likeness (QED) is 0.681. The van der Waals surface area contributed by atoms with E-state index in [1.54, 1.807) is 12.1 Å². The molecule has 1 aromatic rings. The van der Waals surface area contributed by atoms with Crippen molar-refractivity contribution in [2.45, 2.75) is 19.9 Å². The number of nitrogens with one attached hydrogen (secondary N) is 2. The zero-order chi connectivity index (χ0) is 12.8. The van der Waals surface area contributed by atoms with Crippen LogP contribution in [-0.4, -0.2) is 29.4 Å². The minimum absolute atomic E-state index is 0.0462. The van der Waals surface area contributed by atoms with E-state index in [1.807, 2.05) is 13.8 Å². The zero-order valence-corrected chi connectivity index (χ0v) is 9.86. The second-order valence-electron chi connectivity index (χ2n) is 3.85. The fourth-order valence-corrected chi connectivity index (χ4v) is 1.20. The predicted octanol–water partition coefficient (Wildman–Crippen LogP) is -0.0818. The first-order valence-corrected chi connectivity index (χ1v) is 5.29. The van der Waals surface area contributed by atoms with Crippen LogP contribution in [0.1, 0.15) is 24.3 Å². The van der Waals surface area contributed by atoms with Gasteiger partial charge in [0.05, 0.1) is 6.54 Å². The molecule has 0 spiro atoms. The summed E-state index contributed by atoms with van der Waals surface area (Å²) in [4.78, 5) is 26.7. The van der Waals surface area contributed by atoms with Gasteiger partial charge in [-0.1, -0.05) is 6.07 Å². The molecule has 0 aliphatic carbocycles. The van der Waals surface area contributed by atoms with Crippen molar-refractivity contribution in [3.05, 3.63) is 23.9 Å². The van der Waals surface area contributed by atoms with E-state index >= 15 is 0 Å². The molecule has 1 aromatic heterocycles. The second kappa shape index (κ2) is 5.83. The summed E-state index contributed by atoms with van der Waals surface area (Å²) in [5.41, 5.74) is 5.64. The molecule has 6 nitrogen and oxygen atoms in total. The highest BCUT2D eigenvalue weighted by atomic mass is 16.2. The molecule has 17 heavy (non-hydrogen) atoms. The number of aromatic nitrogens is 1. The van der Waals surface area contributed by atoms with Gasteiger partial charge in [-0.25, -0.2) is 4.98 Å². The van der Waals surface area contributed by atoms with Crippen molar-refractivity contribution in [1.82, 2.24) is 15.6 Å². The van der Waals surface area contributed by atoms with Gasteiger partial charge in [0.25, 0.3) is 5.91 Å². The van der Waals surface area contributed by atoms with Crippen LogP contribution in [0.3, 0.4) is 0 Å². The zero-order valence-electron chi connectivity index (χ0n) is 9.86. The first kappa shape index (κ1) is 13.0. The summed E-state index contributed by atoms with van der Waals surface area (Å²) < 4.78 is 0. The maximum absolute atomic E-state index is 11.6. The topological polar surface area (TPSA) is 97.1 Å². The van der Waals surface area contributed by atoms with Gasteiger partial charge < -0.3 is 16.4 Å². The maximum Gasteiger partial charge on any atom is 0.270 e. The third-order valence-electron chi connectivity index (χ3n) is 1.86. The number of hydrogen-bond acceptors (Lipinski definition) is 4. The van der Waals surface area contributed by atoms with Crippen molar-refractivity contribution in [1.29, 1.82) is 0 Å². The second-order valence-corrected chi connectivity index (χ2v) is 3.85. The summed E-state index contributed by atoms with van der Waals surface area (Å²) in [6, 6.07) is 4.80. The number of nitrogen functional groups attached to an aromatic ring is 1. The van der Waals surface area contributed by atoms with Gasteiger partial charge in [0, 0.05) is 6.04 Å². The Morgan fingerprint density at radius 1 is 1.41 bits per heavy atom. The van der Waals surface area contributed by atoms with Crippen LogP contribution in [0, 0.1) is 0 Å². The first-order valence-electron chi connectivity index (χ1n) is 5.29. The lowest BCUT2D eigenvalue weighted by Crippen LogP contribution is -2.40. The number of nitrogens with zero attached hydrogens (tertiary/aromatic N) is 1. The summed E-state index contributed by atoms with van der Waals surface area (Å²) in [6.45, 7) is 3.62. The molecular formula is C11H16N4O2. The average molecular weight is 236 g/mol. The van der Waals surface area contributed by atoms with Crippen LogP contribution in [0.2, 0.25) is 0 Å². The highest BCUT2D eigenvalue weighted by Gasteiger charge is 2.09. The van der Waals surface area contributed by atoms with Gasteiger partial charge in [0.2, 0.25) is 5.91 Å². The van der Waals surface area contributed by atoms with Crippen molar-refractivity contribution in [2.24, 2.45) is 0 Å². The van der Waals surface area contributed by atoms with E-state index in [4.69, 9.17) is 5.73 Å². The molecule has 0 fully saturated rings. The Bertz CT molecular complexity index is 418. The van der Waals surface area contributed by atoms with E-state index in [0.29, 0.717) is 0 Å². The maximum atomic E-state index is 11.6. The van der Waals surface area contributed by atoms with Crippen LogP contribution in [0.25, 0.3) is 0 Å². The summed E-state index contributed by atoms with van der Waals surface area (Å²) in [7, 11) is 0. The van der Waals surface area contributed by atoms with Crippen LogP contribution in [0.5, 0.6) is 0 Å². The van der Waals surface area contributed by atoms with E-state index in [-0.39, 0.29) is 30.0 Å². The molecule has 0 aliphatic rings. The molecule has 1 heterocycles. The summed E-state index contributed by atoms with van der Waals surface area (Å²) in [6.07, 6.45) is 0. The fourth-order valence-electron chi connectivity index (χ4n) is 1.20. The van der Waals surface area contributed by atoms with Crippen molar-refractivity contribution in [3.63, 3.8) is 0 Å². The van der Waals surface area contributed by atoms with Gasteiger partial charge in [0.1, 0.15) is 11.5 Å². The Kier molecular flexibility index (Phi) is 4.45. The third kappa shape index (κ3) is 4.50. The lowest BCUT2D eigenvalue weighted by Gasteiger charge is -2.09. The van der Waals surface area contributed by atoms with E-state index < -0.39 is 5.91 Å². The van der Waals surface area contributed by atoms with Gasteiger partial charge in [-0.3, -0.25) is 9.59 Å². The van der Waals surface area contributed by atoms with Crippen molar-refractivity contribution in [2.75, 3.05) is 12.3 Å². The summed E-state index contributed by atoms with van der Waals surface area (Å²) in [5.74, 6) is -0.391. The molecular weight excluding hydrogens is 220 g/mol.